The van der Waals surface area contributed by atoms with Crippen molar-refractivity contribution in [3.8, 4) is 0 Å². The molecule has 3 N–H and O–H groups in total. The first kappa shape index (κ1) is 24.0. The molecule has 0 spiro atoms. The van der Waals surface area contributed by atoms with E-state index in [-0.39, 0.29) is 0 Å². The molecule has 3 aliphatic rings. The zero-order chi connectivity index (χ0) is 22.1. The lowest BCUT2D eigenvalue weighted by molar-refractivity contribution is 0.0570. The third kappa shape index (κ3) is 5.58. The maximum atomic E-state index is 10.1. The Morgan fingerprint density at radius 2 is 1.77 bits per heavy atom. The fraction of sp³-hybridized carbons (Fsp3) is 0.852. The second-order valence-corrected chi connectivity index (χ2v) is 11.8. The van der Waals surface area contributed by atoms with Gasteiger partial charge < -0.3 is 15.3 Å². The molecule has 0 unspecified atom stereocenters. The third-order valence-corrected chi connectivity index (χ3v) is 8.68. The zero-order valence-electron chi connectivity index (χ0n) is 20.0. The first-order valence-corrected chi connectivity index (χ1v) is 12.5. The molecule has 3 nitrogen and oxygen atoms in total. The van der Waals surface area contributed by atoms with Gasteiger partial charge >= 0.3 is 0 Å². The molecule has 30 heavy (non-hydrogen) atoms. The number of aliphatic hydroxyl groups excluding tert-OH is 2. The molecule has 3 rings (SSSR count). The SMILES string of the molecule is C[C@@H]1CC[C@]2(C)[C@@H]([C@H](C)CCCC(C)(C)O)CC[C@H]2/C1=C/C=C1C[C@@H](O)C[C@H](O)C1. The van der Waals surface area contributed by atoms with Gasteiger partial charge in [0, 0.05) is 0 Å². The van der Waals surface area contributed by atoms with Crippen molar-refractivity contribution in [2.24, 2.45) is 29.1 Å². The Kier molecular flexibility index (Phi) is 7.58. The van der Waals surface area contributed by atoms with E-state index in [0.29, 0.717) is 42.4 Å². The van der Waals surface area contributed by atoms with Gasteiger partial charge in [0.05, 0.1) is 17.8 Å². The quantitative estimate of drug-likeness (QED) is 0.512. The van der Waals surface area contributed by atoms with Gasteiger partial charge in [-0.2, -0.15) is 0 Å². The van der Waals surface area contributed by atoms with E-state index in [1.54, 1.807) is 5.57 Å². The Morgan fingerprint density at radius 3 is 2.40 bits per heavy atom. The Labute approximate surface area is 184 Å². The molecule has 0 saturated heterocycles. The maximum absolute atomic E-state index is 10.1. The molecule has 0 aromatic rings. The Bertz CT molecular complexity index is 631. The van der Waals surface area contributed by atoms with Crippen molar-refractivity contribution >= 4 is 0 Å². The van der Waals surface area contributed by atoms with E-state index in [0.717, 1.165) is 18.8 Å². The molecule has 0 bridgehead atoms. The average molecular weight is 419 g/mol. The largest absolute Gasteiger partial charge is 0.393 e. The van der Waals surface area contributed by atoms with Crippen molar-refractivity contribution in [2.45, 2.75) is 117 Å². The summed E-state index contributed by atoms with van der Waals surface area (Å²) in [7, 11) is 0. The van der Waals surface area contributed by atoms with Crippen LogP contribution in [0.5, 0.6) is 0 Å². The van der Waals surface area contributed by atoms with Crippen LogP contribution >= 0.6 is 0 Å². The first-order valence-electron chi connectivity index (χ1n) is 12.5. The van der Waals surface area contributed by atoms with Crippen LogP contribution in [-0.4, -0.2) is 33.1 Å². The zero-order valence-corrected chi connectivity index (χ0v) is 20.0. The summed E-state index contributed by atoms with van der Waals surface area (Å²) in [6.07, 6.45) is 14.1. The van der Waals surface area contributed by atoms with E-state index in [1.165, 1.54) is 37.7 Å². The topological polar surface area (TPSA) is 60.7 Å². The van der Waals surface area contributed by atoms with Crippen LogP contribution in [0.4, 0.5) is 0 Å². The van der Waals surface area contributed by atoms with Gasteiger partial charge in [-0.05, 0) is 94.3 Å². The summed E-state index contributed by atoms with van der Waals surface area (Å²) < 4.78 is 0. The Morgan fingerprint density at radius 1 is 1.10 bits per heavy atom. The number of rotatable bonds is 6. The van der Waals surface area contributed by atoms with E-state index < -0.39 is 17.8 Å². The number of hydrogen-bond acceptors (Lipinski definition) is 3. The molecular formula is C27H46O3. The number of aliphatic hydroxyl groups is 3. The smallest absolute Gasteiger partial charge is 0.0602 e. The van der Waals surface area contributed by atoms with Gasteiger partial charge in [0.2, 0.25) is 0 Å². The molecule has 0 aromatic carbocycles. The summed E-state index contributed by atoms with van der Waals surface area (Å²) in [4.78, 5) is 0. The molecular weight excluding hydrogens is 372 g/mol. The van der Waals surface area contributed by atoms with Crippen LogP contribution in [-0.2, 0) is 0 Å². The highest BCUT2D eigenvalue weighted by Gasteiger charge is 2.51. The molecule has 0 aromatic heterocycles. The highest BCUT2D eigenvalue weighted by molar-refractivity contribution is 5.27. The minimum Gasteiger partial charge on any atom is -0.393 e. The van der Waals surface area contributed by atoms with Crippen molar-refractivity contribution in [3.05, 3.63) is 23.3 Å². The minimum atomic E-state index is -0.550. The second-order valence-electron chi connectivity index (χ2n) is 11.8. The van der Waals surface area contributed by atoms with Crippen LogP contribution in [0.2, 0.25) is 0 Å². The van der Waals surface area contributed by atoms with E-state index >= 15 is 0 Å². The molecule has 3 fully saturated rings. The van der Waals surface area contributed by atoms with Gasteiger partial charge in [0.15, 0.2) is 0 Å². The summed E-state index contributed by atoms with van der Waals surface area (Å²) in [5.41, 5.74) is 2.64. The van der Waals surface area contributed by atoms with Crippen molar-refractivity contribution in [1.29, 1.82) is 0 Å². The molecule has 0 radical (unpaired) electrons. The van der Waals surface area contributed by atoms with Gasteiger partial charge in [-0.15, -0.1) is 0 Å². The number of hydrogen-bond donors (Lipinski definition) is 3. The van der Waals surface area contributed by atoms with Gasteiger partial charge in [-0.25, -0.2) is 0 Å². The summed E-state index contributed by atoms with van der Waals surface area (Å²) in [5.74, 6) is 2.77. The second kappa shape index (κ2) is 9.46. The van der Waals surface area contributed by atoms with Gasteiger partial charge in [0.1, 0.15) is 0 Å². The monoisotopic (exact) mass is 418 g/mol. The normalized spacial score (nSPS) is 39.8. The predicted octanol–water partition coefficient (Wildman–Crippen LogP) is 5.78. The Hall–Kier alpha value is -0.640. The fourth-order valence-electron chi connectivity index (χ4n) is 7.00. The Balaban J connectivity index is 1.71. The first-order chi connectivity index (χ1) is 14.0. The van der Waals surface area contributed by atoms with Crippen LogP contribution in [0.1, 0.15) is 98.8 Å². The lowest BCUT2D eigenvalue weighted by Gasteiger charge is -2.46. The molecule has 0 amide bonds. The van der Waals surface area contributed by atoms with Crippen LogP contribution in [0.3, 0.4) is 0 Å². The third-order valence-electron chi connectivity index (χ3n) is 8.68. The van der Waals surface area contributed by atoms with Crippen molar-refractivity contribution < 1.29 is 15.3 Å². The number of fused-ring (bicyclic) bond motifs is 1. The summed E-state index contributed by atoms with van der Waals surface area (Å²) in [6, 6.07) is 0. The van der Waals surface area contributed by atoms with E-state index in [9.17, 15) is 15.3 Å². The highest BCUT2D eigenvalue weighted by atomic mass is 16.3. The molecule has 3 saturated carbocycles. The molecule has 0 aliphatic heterocycles. The van der Waals surface area contributed by atoms with Crippen LogP contribution in [0.15, 0.2) is 23.3 Å². The van der Waals surface area contributed by atoms with Gasteiger partial charge in [-0.1, -0.05) is 56.9 Å². The minimum absolute atomic E-state index is 0.386. The fourth-order valence-corrected chi connectivity index (χ4v) is 7.00. The predicted molar refractivity (Wildman–Crippen MR) is 124 cm³/mol. The summed E-state index contributed by atoms with van der Waals surface area (Å²) in [6.45, 7) is 11.2. The van der Waals surface area contributed by atoms with Crippen molar-refractivity contribution in [2.75, 3.05) is 0 Å². The van der Waals surface area contributed by atoms with Crippen LogP contribution < -0.4 is 0 Å². The van der Waals surface area contributed by atoms with Gasteiger partial charge in [-0.3, -0.25) is 0 Å². The van der Waals surface area contributed by atoms with Crippen LogP contribution in [0.25, 0.3) is 0 Å². The highest BCUT2D eigenvalue weighted by Crippen LogP contribution is 2.61. The van der Waals surface area contributed by atoms with Gasteiger partial charge in [0.25, 0.3) is 0 Å². The molecule has 0 heterocycles. The molecule has 7 atom stereocenters. The van der Waals surface area contributed by atoms with E-state index in [1.807, 2.05) is 13.8 Å². The van der Waals surface area contributed by atoms with Crippen molar-refractivity contribution in [3.63, 3.8) is 0 Å². The number of allylic oxidation sites excluding steroid dienone is 3. The molecule has 172 valence electrons. The lowest BCUT2D eigenvalue weighted by Crippen LogP contribution is -2.38. The molecule has 3 heteroatoms. The standard InChI is InChI=1S/C27H46O3/c1-18-12-14-27(5)24(19(2)7-6-13-26(3,4)30)10-11-25(27)23(18)9-8-20-15-21(28)17-22(29)16-20/h8-9,18-19,21-22,24-25,28-30H,6-7,10-17H2,1-5H3/b23-9+/t18-,19-,21-,22-,24-,25+,27-/m1/s1. The summed E-state index contributed by atoms with van der Waals surface area (Å²) in [5, 5.41) is 30.1. The van der Waals surface area contributed by atoms with Crippen LogP contribution in [0, 0.1) is 29.1 Å². The average Bonchev–Trinajstić information content (AvgIpc) is 2.97. The summed E-state index contributed by atoms with van der Waals surface area (Å²) >= 11 is 0. The molecule has 3 aliphatic carbocycles. The van der Waals surface area contributed by atoms with E-state index in [4.69, 9.17) is 0 Å². The van der Waals surface area contributed by atoms with Crippen molar-refractivity contribution in [1.82, 2.24) is 0 Å². The van der Waals surface area contributed by atoms with E-state index in [2.05, 4.69) is 32.9 Å². The maximum Gasteiger partial charge on any atom is 0.0602 e. The lowest BCUT2D eigenvalue weighted by atomic mass is 9.58.